The van der Waals surface area contributed by atoms with E-state index in [9.17, 15) is 10.1 Å². The maximum Gasteiger partial charge on any atom is 0.269 e. The summed E-state index contributed by atoms with van der Waals surface area (Å²) in [7, 11) is 1.77. The molecule has 0 fully saturated rings. The van der Waals surface area contributed by atoms with Crippen LogP contribution in [0.15, 0.2) is 24.3 Å². The fraction of sp³-hybridized carbons (Fsp3) is 0.333. The molecule has 0 spiro atoms. The molecule has 0 heterocycles. The molecule has 0 saturated carbocycles. The Morgan fingerprint density at radius 2 is 1.69 bits per heavy atom. The van der Waals surface area contributed by atoms with Crippen molar-refractivity contribution in [2.45, 2.75) is 13.8 Å². The molecule has 1 rings (SSSR count). The van der Waals surface area contributed by atoms with Crippen molar-refractivity contribution in [3.8, 4) is 0 Å². The van der Waals surface area contributed by atoms with Gasteiger partial charge in [-0.2, -0.15) is 0 Å². The molecule has 0 aromatic heterocycles. The average molecular weight is 182 g/mol. The molecular formula is C9H14N2O2. The number of nitro groups is 1. The summed E-state index contributed by atoms with van der Waals surface area (Å²) in [5.74, 6) is 0. The summed E-state index contributed by atoms with van der Waals surface area (Å²) in [6.45, 7) is 4.00. The van der Waals surface area contributed by atoms with Gasteiger partial charge in [-0.1, -0.05) is 13.8 Å². The number of nitrogens with one attached hydrogen (secondary N) is 1. The largest absolute Gasteiger partial charge is 0.388 e. The van der Waals surface area contributed by atoms with Crippen LogP contribution in [0.5, 0.6) is 0 Å². The lowest BCUT2D eigenvalue weighted by Crippen LogP contribution is -1.89. The molecule has 1 aromatic rings. The van der Waals surface area contributed by atoms with Crippen molar-refractivity contribution in [2.24, 2.45) is 0 Å². The van der Waals surface area contributed by atoms with Crippen LogP contribution < -0.4 is 5.32 Å². The summed E-state index contributed by atoms with van der Waals surface area (Å²) in [4.78, 5) is 9.77. The van der Waals surface area contributed by atoms with Gasteiger partial charge in [0.25, 0.3) is 5.69 Å². The Kier molecular flexibility index (Phi) is 5.27. The second-order valence-electron chi connectivity index (χ2n) is 2.05. The summed E-state index contributed by atoms with van der Waals surface area (Å²) in [6.07, 6.45) is 0. The van der Waals surface area contributed by atoms with E-state index in [2.05, 4.69) is 5.32 Å². The SMILES string of the molecule is CC.CNc1ccc([N+](=O)[O-])cc1. The Hall–Kier alpha value is -1.58. The van der Waals surface area contributed by atoms with E-state index in [1.807, 2.05) is 13.8 Å². The Balaban J connectivity index is 0.000000671. The van der Waals surface area contributed by atoms with Gasteiger partial charge in [-0.05, 0) is 12.1 Å². The zero-order chi connectivity index (χ0) is 10.3. The van der Waals surface area contributed by atoms with Crippen molar-refractivity contribution in [2.75, 3.05) is 12.4 Å². The minimum absolute atomic E-state index is 0.115. The molecule has 0 aliphatic heterocycles. The molecule has 1 aromatic carbocycles. The van der Waals surface area contributed by atoms with Crippen LogP contribution in [0, 0.1) is 10.1 Å². The van der Waals surface area contributed by atoms with Crippen molar-refractivity contribution in [3.05, 3.63) is 34.4 Å². The van der Waals surface area contributed by atoms with Gasteiger partial charge in [0.2, 0.25) is 0 Å². The van der Waals surface area contributed by atoms with Gasteiger partial charge in [0.05, 0.1) is 4.92 Å². The molecule has 13 heavy (non-hydrogen) atoms. The number of anilines is 1. The standard InChI is InChI=1S/C7H8N2O2.C2H6/c1-8-6-2-4-7(5-3-6)9(10)11;1-2/h2-5,8H,1H3;1-2H3. The van der Waals surface area contributed by atoms with Crippen molar-refractivity contribution < 1.29 is 4.92 Å². The normalized spacial score (nSPS) is 8.23. The van der Waals surface area contributed by atoms with Crippen molar-refractivity contribution in [3.63, 3.8) is 0 Å². The lowest BCUT2D eigenvalue weighted by atomic mass is 10.3. The number of non-ortho nitro benzene ring substituents is 1. The molecule has 4 heteroatoms. The minimum Gasteiger partial charge on any atom is -0.388 e. The van der Waals surface area contributed by atoms with Crippen LogP contribution >= 0.6 is 0 Å². The molecule has 1 N–H and O–H groups in total. The lowest BCUT2D eigenvalue weighted by Gasteiger charge is -1.96. The van der Waals surface area contributed by atoms with Gasteiger partial charge in [-0.25, -0.2) is 0 Å². The second-order valence-corrected chi connectivity index (χ2v) is 2.05. The molecule has 0 bridgehead atoms. The molecule has 0 aliphatic rings. The Morgan fingerprint density at radius 1 is 1.23 bits per heavy atom. The number of rotatable bonds is 2. The summed E-state index contributed by atoms with van der Waals surface area (Å²) in [5, 5.41) is 13.1. The lowest BCUT2D eigenvalue weighted by molar-refractivity contribution is -0.384. The summed E-state index contributed by atoms with van der Waals surface area (Å²) < 4.78 is 0. The molecule has 0 atom stereocenters. The third-order valence-electron chi connectivity index (χ3n) is 1.37. The number of benzene rings is 1. The van der Waals surface area contributed by atoms with Crippen molar-refractivity contribution in [1.29, 1.82) is 0 Å². The van der Waals surface area contributed by atoms with Crippen LogP contribution in [0.2, 0.25) is 0 Å². The Labute approximate surface area is 77.7 Å². The van der Waals surface area contributed by atoms with Gasteiger partial charge in [-0.3, -0.25) is 10.1 Å². The van der Waals surface area contributed by atoms with Crippen LogP contribution in [0.4, 0.5) is 11.4 Å². The molecule has 0 aliphatic carbocycles. The molecule has 0 saturated heterocycles. The summed E-state index contributed by atoms with van der Waals surface area (Å²) in [5.41, 5.74) is 0.986. The van der Waals surface area contributed by atoms with Crippen LogP contribution in [0.1, 0.15) is 13.8 Å². The highest BCUT2D eigenvalue weighted by atomic mass is 16.6. The Morgan fingerprint density at radius 3 is 2.00 bits per heavy atom. The first-order valence-corrected chi connectivity index (χ1v) is 4.16. The highest BCUT2D eigenvalue weighted by Crippen LogP contribution is 2.14. The monoisotopic (exact) mass is 182 g/mol. The fourth-order valence-corrected chi connectivity index (χ4v) is 0.750. The maximum absolute atomic E-state index is 10.2. The first kappa shape index (κ1) is 11.4. The predicted molar refractivity (Wildman–Crippen MR) is 54.0 cm³/mol. The van der Waals surface area contributed by atoms with Crippen molar-refractivity contribution >= 4 is 11.4 Å². The summed E-state index contributed by atoms with van der Waals surface area (Å²) >= 11 is 0. The van der Waals surface area contributed by atoms with Crippen molar-refractivity contribution in [1.82, 2.24) is 0 Å². The molecule has 0 radical (unpaired) electrons. The Bertz CT molecular complexity index is 257. The first-order valence-electron chi connectivity index (χ1n) is 4.16. The smallest absolute Gasteiger partial charge is 0.269 e. The second kappa shape index (κ2) is 5.99. The van der Waals surface area contributed by atoms with E-state index < -0.39 is 4.92 Å². The van der Waals surface area contributed by atoms with Gasteiger partial charge < -0.3 is 5.32 Å². The van der Waals surface area contributed by atoms with Crippen LogP contribution in [-0.4, -0.2) is 12.0 Å². The minimum atomic E-state index is -0.417. The third-order valence-corrected chi connectivity index (χ3v) is 1.37. The fourth-order valence-electron chi connectivity index (χ4n) is 0.750. The molecule has 0 amide bonds. The van der Waals surface area contributed by atoms with E-state index in [0.29, 0.717) is 0 Å². The third kappa shape index (κ3) is 3.55. The van der Waals surface area contributed by atoms with Crippen LogP contribution in [-0.2, 0) is 0 Å². The summed E-state index contributed by atoms with van der Waals surface area (Å²) in [6, 6.07) is 6.26. The average Bonchev–Trinajstić information content (AvgIpc) is 2.21. The topological polar surface area (TPSA) is 55.2 Å². The molecule has 0 unspecified atom stereocenters. The predicted octanol–water partition coefficient (Wildman–Crippen LogP) is 2.66. The zero-order valence-corrected chi connectivity index (χ0v) is 8.07. The van der Waals surface area contributed by atoms with E-state index in [-0.39, 0.29) is 5.69 Å². The van der Waals surface area contributed by atoms with Crippen LogP contribution in [0.25, 0.3) is 0 Å². The van der Waals surface area contributed by atoms with E-state index >= 15 is 0 Å². The van der Waals surface area contributed by atoms with Crippen LogP contribution in [0.3, 0.4) is 0 Å². The first-order chi connectivity index (χ1) is 6.24. The maximum atomic E-state index is 10.2. The number of hydrogen-bond acceptors (Lipinski definition) is 3. The van der Waals surface area contributed by atoms with E-state index in [1.165, 1.54) is 12.1 Å². The van der Waals surface area contributed by atoms with Gasteiger partial charge in [-0.15, -0.1) is 0 Å². The molecule has 72 valence electrons. The molecular weight excluding hydrogens is 168 g/mol. The number of nitro benzene ring substituents is 1. The van der Waals surface area contributed by atoms with Gasteiger partial charge >= 0.3 is 0 Å². The van der Waals surface area contributed by atoms with E-state index in [4.69, 9.17) is 0 Å². The van der Waals surface area contributed by atoms with Gasteiger partial charge in [0.1, 0.15) is 0 Å². The number of hydrogen-bond donors (Lipinski definition) is 1. The highest BCUT2D eigenvalue weighted by molar-refractivity contribution is 5.47. The highest BCUT2D eigenvalue weighted by Gasteiger charge is 2.01. The number of nitrogens with zero attached hydrogens (tertiary/aromatic N) is 1. The van der Waals surface area contributed by atoms with Gasteiger partial charge in [0, 0.05) is 24.9 Å². The van der Waals surface area contributed by atoms with Gasteiger partial charge in [0.15, 0.2) is 0 Å². The van der Waals surface area contributed by atoms with E-state index in [1.54, 1.807) is 19.2 Å². The van der Waals surface area contributed by atoms with E-state index in [0.717, 1.165) is 5.69 Å². The quantitative estimate of drug-likeness (QED) is 0.565. The molecule has 4 nitrogen and oxygen atoms in total. The zero-order valence-electron chi connectivity index (χ0n) is 8.07.